The maximum Gasteiger partial charge on any atom is 0.407 e. The summed E-state index contributed by atoms with van der Waals surface area (Å²) in [6, 6.07) is 7.53. The number of aliphatic hydroxyl groups is 1. The summed E-state index contributed by atoms with van der Waals surface area (Å²) < 4.78 is 21.5. The first-order valence-corrected chi connectivity index (χ1v) is 15.8. The number of amides is 3. The molecule has 1 aliphatic heterocycles. The van der Waals surface area contributed by atoms with Crippen LogP contribution >= 0.6 is 0 Å². The maximum absolute atomic E-state index is 13.8. The number of nitrogens with one attached hydrogen (secondary N) is 3. The van der Waals surface area contributed by atoms with Crippen LogP contribution in [0.4, 0.5) is 4.79 Å². The molecule has 4 atom stereocenters. The van der Waals surface area contributed by atoms with Gasteiger partial charge >= 0.3 is 12.1 Å². The molecule has 0 radical (unpaired) electrons. The van der Waals surface area contributed by atoms with Crippen LogP contribution in [0, 0.1) is 0 Å². The lowest BCUT2D eigenvalue weighted by Crippen LogP contribution is -2.52. The van der Waals surface area contributed by atoms with Crippen LogP contribution in [-0.2, 0) is 30.3 Å². The van der Waals surface area contributed by atoms with Crippen LogP contribution in [0.1, 0.15) is 57.2 Å². The predicted octanol–water partition coefficient (Wildman–Crippen LogP) is 2.01. The van der Waals surface area contributed by atoms with E-state index < -0.39 is 53.8 Å². The third-order valence-corrected chi connectivity index (χ3v) is 7.79. The molecule has 6 N–H and O–H groups in total. The Hall–Kier alpha value is -4.40. The van der Waals surface area contributed by atoms with Crippen molar-refractivity contribution in [3.63, 3.8) is 0 Å². The standard InChI is InChI=1S/C34H49N5O9/c1-34(2,3)48-33(44)36-15-9-8-10-24(35)31(42)39(4)29-21-12-14-27(46-6)23(18-21)22-16-20(11-13-26(22)45-5)17-25(32(43)47-7)38-28(40)19-37-30(29)41/h11-14,16,18,24-25,28-29,38,40H,8-10,15,17,19,35H2,1-7H3,(H,36,44)(H,37,41)/t24-,25-,28?,29-/m0/s1. The minimum atomic E-state index is -1.32. The first kappa shape index (κ1) is 38.1. The Morgan fingerprint density at radius 3 is 2.31 bits per heavy atom. The smallest absolute Gasteiger partial charge is 0.407 e. The number of benzene rings is 2. The summed E-state index contributed by atoms with van der Waals surface area (Å²) in [7, 11) is 5.79. The molecule has 3 amide bonds. The van der Waals surface area contributed by atoms with Gasteiger partial charge < -0.3 is 45.3 Å². The van der Waals surface area contributed by atoms with E-state index in [1.807, 2.05) is 6.07 Å². The molecule has 3 rings (SSSR count). The molecule has 0 fully saturated rings. The van der Waals surface area contributed by atoms with Crippen LogP contribution in [0.25, 0.3) is 11.1 Å². The zero-order valence-electron chi connectivity index (χ0n) is 28.8. The van der Waals surface area contributed by atoms with Crippen molar-refractivity contribution >= 4 is 23.9 Å². The summed E-state index contributed by atoms with van der Waals surface area (Å²) in [5.41, 5.74) is 8.14. The minimum Gasteiger partial charge on any atom is -0.496 e. The molecule has 0 aromatic heterocycles. The second-order valence-electron chi connectivity index (χ2n) is 12.6. The van der Waals surface area contributed by atoms with Crippen LogP contribution < -0.4 is 31.2 Å². The lowest BCUT2D eigenvalue weighted by molar-refractivity contribution is -0.144. The van der Waals surface area contributed by atoms with E-state index in [0.29, 0.717) is 54.0 Å². The van der Waals surface area contributed by atoms with Crippen molar-refractivity contribution in [3.8, 4) is 22.6 Å². The Morgan fingerprint density at radius 1 is 1.04 bits per heavy atom. The van der Waals surface area contributed by atoms with Gasteiger partial charge in [-0.05, 0) is 81.8 Å². The second kappa shape index (κ2) is 17.1. The Labute approximate surface area is 281 Å². The SMILES string of the molecule is COC(=O)[C@@H]1Cc2ccc(OC)c(c2)-c2cc(ccc2OC)[C@H](N(C)C(=O)[C@@H](N)CCCCNC(=O)OC(C)(C)C)C(=O)NCC(O)N1. The monoisotopic (exact) mass is 671 g/mol. The van der Waals surface area contributed by atoms with Crippen molar-refractivity contribution in [1.82, 2.24) is 20.9 Å². The van der Waals surface area contributed by atoms with E-state index in [0.717, 1.165) is 5.56 Å². The van der Waals surface area contributed by atoms with Gasteiger partial charge in [-0.25, -0.2) is 4.79 Å². The minimum absolute atomic E-state index is 0.172. The number of hydrogen-bond donors (Lipinski definition) is 5. The number of rotatable bonds is 10. The number of methoxy groups -OCH3 is 3. The van der Waals surface area contributed by atoms with Gasteiger partial charge in [0, 0.05) is 24.7 Å². The van der Waals surface area contributed by atoms with Crippen molar-refractivity contribution in [2.75, 3.05) is 41.5 Å². The second-order valence-corrected chi connectivity index (χ2v) is 12.6. The Bertz CT molecular complexity index is 1440. The van der Waals surface area contributed by atoms with E-state index in [4.69, 9.17) is 24.7 Å². The highest BCUT2D eigenvalue weighted by molar-refractivity contribution is 5.91. The number of β-amino-alcohol motifs (C(OH)–C–C–N with tert-alkyl or cyclic N) is 1. The van der Waals surface area contributed by atoms with Gasteiger partial charge in [0.2, 0.25) is 11.8 Å². The van der Waals surface area contributed by atoms with Crippen molar-refractivity contribution < 1.29 is 43.2 Å². The molecule has 0 saturated carbocycles. The predicted molar refractivity (Wildman–Crippen MR) is 178 cm³/mol. The van der Waals surface area contributed by atoms with E-state index in [1.165, 1.54) is 33.3 Å². The molecule has 2 aromatic carbocycles. The van der Waals surface area contributed by atoms with Crippen molar-refractivity contribution in [3.05, 3.63) is 47.5 Å². The van der Waals surface area contributed by atoms with Crippen LogP contribution in [0.3, 0.4) is 0 Å². The average molecular weight is 672 g/mol. The van der Waals surface area contributed by atoms with Gasteiger partial charge in [0.1, 0.15) is 35.4 Å². The lowest BCUT2D eigenvalue weighted by Gasteiger charge is -2.31. The number of hydrogen-bond acceptors (Lipinski definition) is 11. The number of nitrogens with two attached hydrogens (primary N) is 1. The van der Waals surface area contributed by atoms with Crippen LogP contribution in [0.2, 0.25) is 0 Å². The highest BCUT2D eigenvalue weighted by Gasteiger charge is 2.33. The average Bonchev–Trinajstić information content (AvgIpc) is 3.04. The molecular formula is C34H49N5O9. The topological polar surface area (TPSA) is 191 Å². The molecule has 4 bridgehead atoms. The first-order chi connectivity index (χ1) is 22.7. The molecule has 0 aliphatic carbocycles. The summed E-state index contributed by atoms with van der Waals surface area (Å²) in [6.07, 6.45) is -0.257. The third-order valence-electron chi connectivity index (χ3n) is 7.79. The number of carbonyl (C=O) groups excluding carboxylic acids is 4. The van der Waals surface area contributed by atoms with Gasteiger partial charge in [-0.2, -0.15) is 0 Å². The number of fused-ring (bicyclic) bond motifs is 5. The molecule has 264 valence electrons. The summed E-state index contributed by atoms with van der Waals surface area (Å²) in [4.78, 5) is 53.3. The number of esters is 1. The molecule has 14 nitrogen and oxygen atoms in total. The van der Waals surface area contributed by atoms with Crippen molar-refractivity contribution in [1.29, 1.82) is 0 Å². The molecule has 0 saturated heterocycles. The third kappa shape index (κ3) is 10.3. The quantitative estimate of drug-likeness (QED) is 0.183. The van der Waals surface area contributed by atoms with Crippen LogP contribution in [0.15, 0.2) is 36.4 Å². The molecule has 2 aromatic rings. The first-order valence-electron chi connectivity index (χ1n) is 15.8. The van der Waals surface area contributed by atoms with E-state index in [1.54, 1.807) is 51.1 Å². The highest BCUT2D eigenvalue weighted by atomic mass is 16.6. The zero-order valence-corrected chi connectivity index (χ0v) is 28.8. The summed E-state index contributed by atoms with van der Waals surface area (Å²) in [6.45, 7) is 5.42. The van der Waals surface area contributed by atoms with Crippen molar-refractivity contribution in [2.45, 2.75) is 76.4 Å². The molecule has 1 unspecified atom stereocenters. The number of alkyl carbamates (subject to hydrolysis) is 1. The highest BCUT2D eigenvalue weighted by Crippen LogP contribution is 2.39. The Kier molecular flexibility index (Phi) is 13.6. The van der Waals surface area contributed by atoms with E-state index in [-0.39, 0.29) is 13.0 Å². The van der Waals surface area contributed by atoms with Gasteiger partial charge in [0.25, 0.3) is 0 Å². The van der Waals surface area contributed by atoms with E-state index in [2.05, 4.69) is 16.0 Å². The van der Waals surface area contributed by atoms with Crippen LogP contribution in [-0.4, -0.2) is 99.3 Å². The van der Waals surface area contributed by atoms with Gasteiger partial charge in [-0.3, -0.25) is 19.7 Å². The fraction of sp³-hybridized carbons (Fsp3) is 0.529. The fourth-order valence-electron chi connectivity index (χ4n) is 5.43. The van der Waals surface area contributed by atoms with E-state index in [9.17, 15) is 24.3 Å². The number of ether oxygens (including phenoxy) is 4. The zero-order chi connectivity index (χ0) is 35.6. The van der Waals surface area contributed by atoms with Gasteiger partial charge in [0.15, 0.2) is 0 Å². The number of aliphatic hydroxyl groups excluding tert-OH is 1. The molecule has 0 spiro atoms. The number of likely N-dealkylation sites (N-methyl/N-ethyl adjacent to an activating group) is 1. The largest absolute Gasteiger partial charge is 0.496 e. The van der Waals surface area contributed by atoms with Crippen LogP contribution in [0.5, 0.6) is 11.5 Å². The molecule has 1 heterocycles. The van der Waals surface area contributed by atoms with Gasteiger partial charge in [-0.1, -0.05) is 12.1 Å². The van der Waals surface area contributed by atoms with E-state index >= 15 is 0 Å². The molecule has 14 heteroatoms. The normalized spacial score (nSPS) is 18.8. The lowest BCUT2D eigenvalue weighted by atomic mass is 9.93. The fourth-order valence-corrected chi connectivity index (χ4v) is 5.43. The number of nitrogens with zero attached hydrogens (tertiary/aromatic N) is 1. The Morgan fingerprint density at radius 2 is 1.69 bits per heavy atom. The van der Waals surface area contributed by atoms with Gasteiger partial charge in [-0.15, -0.1) is 0 Å². The summed E-state index contributed by atoms with van der Waals surface area (Å²) in [5.74, 6) is -0.648. The van der Waals surface area contributed by atoms with Crippen molar-refractivity contribution in [2.24, 2.45) is 5.73 Å². The summed E-state index contributed by atoms with van der Waals surface area (Å²) >= 11 is 0. The number of carbonyl (C=O) groups is 4. The molecule has 1 aliphatic rings. The molecule has 48 heavy (non-hydrogen) atoms. The summed E-state index contributed by atoms with van der Waals surface area (Å²) in [5, 5.41) is 19.0. The maximum atomic E-state index is 13.8. The Balaban J connectivity index is 1.93. The number of unbranched alkanes of at least 4 members (excludes halogenated alkanes) is 1. The van der Waals surface area contributed by atoms with Gasteiger partial charge in [0.05, 0.1) is 33.9 Å². The molecular weight excluding hydrogens is 622 g/mol.